The molecule has 0 atom stereocenters. The Hall–Kier alpha value is -1.95. The van der Waals surface area contributed by atoms with Crippen molar-refractivity contribution >= 4 is 33.2 Å². The van der Waals surface area contributed by atoms with Crippen molar-refractivity contribution in [3.8, 4) is 0 Å². The minimum atomic E-state index is -0.932. The number of hydrogen-bond acceptors (Lipinski definition) is 2. The van der Waals surface area contributed by atoms with E-state index in [0.29, 0.717) is 5.69 Å². The second-order valence-electron chi connectivity index (χ2n) is 4.27. The van der Waals surface area contributed by atoms with Crippen LogP contribution in [-0.2, 0) is 0 Å². The molecule has 2 aromatic rings. The number of anilines is 2. The molecule has 0 aliphatic heterocycles. The molecule has 0 aliphatic rings. The fourth-order valence-corrected chi connectivity index (χ4v) is 2.21. The SMILES string of the molecule is Cc1cc(Br)ccc1NC(=O)c1cc(F)cc(N)c1F. The first-order valence-corrected chi connectivity index (χ1v) is 6.50. The molecule has 0 aromatic heterocycles. The number of carbonyl (C=O) groups is 1. The van der Waals surface area contributed by atoms with Crippen molar-refractivity contribution in [3.63, 3.8) is 0 Å². The maximum absolute atomic E-state index is 13.7. The van der Waals surface area contributed by atoms with Gasteiger partial charge in [-0.3, -0.25) is 4.79 Å². The molecule has 0 saturated heterocycles. The molecule has 0 spiro atoms. The molecule has 0 fully saturated rings. The molecule has 104 valence electrons. The lowest BCUT2D eigenvalue weighted by atomic mass is 10.1. The Morgan fingerprint density at radius 2 is 1.95 bits per heavy atom. The smallest absolute Gasteiger partial charge is 0.258 e. The first-order chi connectivity index (χ1) is 9.38. The number of carbonyl (C=O) groups excluding carboxylic acids is 1. The molecule has 0 unspecified atom stereocenters. The van der Waals surface area contributed by atoms with Crippen molar-refractivity contribution in [3.05, 3.63) is 57.6 Å². The van der Waals surface area contributed by atoms with E-state index in [1.54, 1.807) is 25.1 Å². The van der Waals surface area contributed by atoms with Crippen molar-refractivity contribution in [1.29, 1.82) is 0 Å². The van der Waals surface area contributed by atoms with Gasteiger partial charge in [-0.15, -0.1) is 0 Å². The number of aryl methyl sites for hydroxylation is 1. The normalized spacial score (nSPS) is 10.4. The van der Waals surface area contributed by atoms with Crippen LogP contribution in [0.5, 0.6) is 0 Å². The summed E-state index contributed by atoms with van der Waals surface area (Å²) in [7, 11) is 0. The number of hydrogen-bond donors (Lipinski definition) is 2. The fourth-order valence-electron chi connectivity index (χ4n) is 1.73. The lowest BCUT2D eigenvalue weighted by Gasteiger charge is -2.10. The summed E-state index contributed by atoms with van der Waals surface area (Å²) in [5, 5.41) is 2.53. The number of halogens is 3. The third-order valence-electron chi connectivity index (χ3n) is 2.75. The highest BCUT2D eigenvalue weighted by Gasteiger charge is 2.16. The van der Waals surface area contributed by atoms with E-state index in [9.17, 15) is 13.6 Å². The van der Waals surface area contributed by atoms with Crippen molar-refractivity contribution < 1.29 is 13.6 Å². The molecule has 1 amide bonds. The van der Waals surface area contributed by atoms with Crippen LogP contribution in [0, 0.1) is 18.6 Å². The lowest BCUT2D eigenvalue weighted by molar-refractivity contribution is 0.102. The molecule has 0 bridgehead atoms. The Morgan fingerprint density at radius 1 is 1.25 bits per heavy atom. The van der Waals surface area contributed by atoms with E-state index in [0.717, 1.165) is 22.2 Å². The summed E-state index contributed by atoms with van der Waals surface area (Å²) in [4.78, 5) is 12.0. The Balaban J connectivity index is 2.33. The highest BCUT2D eigenvalue weighted by atomic mass is 79.9. The van der Waals surface area contributed by atoms with Crippen LogP contribution in [0.4, 0.5) is 20.2 Å². The number of nitrogens with one attached hydrogen (secondary N) is 1. The average Bonchev–Trinajstić information content (AvgIpc) is 2.37. The minimum Gasteiger partial charge on any atom is -0.396 e. The summed E-state index contributed by atoms with van der Waals surface area (Å²) >= 11 is 3.30. The van der Waals surface area contributed by atoms with E-state index < -0.39 is 28.8 Å². The number of benzene rings is 2. The van der Waals surface area contributed by atoms with E-state index in [1.807, 2.05) is 0 Å². The maximum atomic E-state index is 13.7. The van der Waals surface area contributed by atoms with Gasteiger partial charge in [-0.2, -0.15) is 0 Å². The Bertz CT molecular complexity index is 689. The second-order valence-corrected chi connectivity index (χ2v) is 5.19. The van der Waals surface area contributed by atoms with Gasteiger partial charge >= 0.3 is 0 Å². The van der Waals surface area contributed by atoms with Gasteiger partial charge in [0.1, 0.15) is 5.82 Å². The van der Waals surface area contributed by atoms with Gasteiger partial charge < -0.3 is 11.1 Å². The largest absolute Gasteiger partial charge is 0.396 e. The summed E-state index contributed by atoms with van der Waals surface area (Å²) in [6.45, 7) is 1.79. The molecule has 0 saturated carbocycles. The molecule has 20 heavy (non-hydrogen) atoms. The van der Waals surface area contributed by atoms with Gasteiger partial charge in [0.2, 0.25) is 0 Å². The Kier molecular flexibility index (Phi) is 4.04. The number of nitrogen functional groups attached to an aromatic ring is 1. The van der Waals surface area contributed by atoms with Gasteiger partial charge in [-0.1, -0.05) is 15.9 Å². The molecule has 6 heteroatoms. The van der Waals surface area contributed by atoms with Crippen LogP contribution in [0.2, 0.25) is 0 Å². The molecule has 2 aromatic carbocycles. The van der Waals surface area contributed by atoms with Crippen molar-refractivity contribution in [1.82, 2.24) is 0 Å². The zero-order valence-corrected chi connectivity index (χ0v) is 12.1. The predicted octanol–water partition coefficient (Wildman–Crippen LogP) is 3.87. The van der Waals surface area contributed by atoms with Gasteiger partial charge in [0, 0.05) is 10.2 Å². The summed E-state index contributed by atoms with van der Waals surface area (Å²) in [5.41, 5.74) is 5.78. The number of rotatable bonds is 2. The summed E-state index contributed by atoms with van der Waals surface area (Å²) in [6.07, 6.45) is 0. The highest BCUT2D eigenvalue weighted by molar-refractivity contribution is 9.10. The van der Waals surface area contributed by atoms with Crippen molar-refractivity contribution in [2.75, 3.05) is 11.1 Å². The zero-order chi connectivity index (χ0) is 14.9. The predicted molar refractivity (Wildman–Crippen MR) is 77.6 cm³/mol. The lowest BCUT2D eigenvalue weighted by Crippen LogP contribution is -2.16. The van der Waals surface area contributed by atoms with Crippen LogP contribution >= 0.6 is 15.9 Å². The van der Waals surface area contributed by atoms with Crippen molar-refractivity contribution in [2.45, 2.75) is 6.92 Å². The van der Waals surface area contributed by atoms with Crippen LogP contribution in [0.25, 0.3) is 0 Å². The summed E-state index contributed by atoms with van der Waals surface area (Å²) < 4.78 is 27.8. The van der Waals surface area contributed by atoms with Gasteiger partial charge in [-0.25, -0.2) is 8.78 Å². The highest BCUT2D eigenvalue weighted by Crippen LogP contribution is 2.22. The molecule has 3 N–H and O–H groups in total. The summed E-state index contributed by atoms with van der Waals surface area (Å²) in [6, 6.07) is 6.84. The monoisotopic (exact) mass is 340 g/mol. The van der Waals surface area contributed by atoms with E-state index in [1.165, 1.54) is 0 Å². The summed E-state index contributed by atoms with van der Waals surface area (Å²) in [5.74, 6) is -2.45. The van der Waals surface area contributed by atoms with Crippen LogP contribution < -0.4 is 11.1 Å². The third kappa shape index (κ3) is 2.96. The molecule has 0 heterocycles. The third-order valence-corrected chi connectivity index (χ3v) is 3.24. The first kappa shape index (κ1) is 14.5. The molecule has 3 nitrogen and oxygen atoms in total. The van der Waals surface area contributed by atoms with Crippen LogP contribution in [0.15, 0.2) is 34.8 Å². The number of nitrogens with two attached hydrogens (primary N) is 1. The fraction of sp³-hybridized carbons (Fsp3) is 0.0714. The van der Waals surface area contributed by atoms with Gasteiger partial charge in [0.25, 0.3) is 5.91 Å². The van der Waals surface area contributed by atoms with Crippen LogP contribution in [0.3, 0.4) is 0 Å². The Labute approximate surface area is 122 Å². The van der Waals surface area contributed by atoms with E-state index in [-0.39, 0.29) is 0 Å². The Morgan fingerprint density at radius 3 is 2.60 bits per heavy atom. The number of amides is 1. The van der Waals surface area contributed by atoms with Crippen LogP contribution in [-0.4, -0.2) is 5.91 Å². The van der Waals surface area contributed by atoms with Gasteiger partial charge in [-0.05, 0) is 42.8 Å². The van der Waals surface area contributed by atoms with E-state index >= 15 is 0 Å². The zero-order valence-electron chi connectivity index (χ0n) is 10.5. The van der Waals surface area contributed by atoms with E-state index in [4.69, 9.17) is 5.73 Å². The second kappa shape index (κ2) is 5.58. The minimum absolute atomic E-state index is 0.400. The van der Waals surface area contributed by atoms with Crippen LogP contribution in [0.1, 0.15) is 15.9 Å². The molecular formula is C14H11BrF2N2O. The molecular weight excluding hydrogens is 330 g/mol. The topological polar surface area (TPSA) is 55.1 Å². The molecule has 0 radical (unpaired) electrons. The van der Waals surface area contributed by atoms with E-state index in [2.05, 4.69) is 21.2 Å². The standard InChI is InChI=1S/C14H11BrF2N2O/c1-7-4-8(15)2-3-12(7)19-14(20)10-5-9(16)6-11(18)13(10)17/h2-6H,18H2,1H3,(H,19,20). The first-order valence-electron chi connectivity index (χ1n) is 5.70. The molecule has 0 aliphatic carbocycles. The molecule has 2 rings (SSSR count). The van der Waals surface area contributed by atoms with Gasteiger partial charge in [0.15, 0.2) is 5.82 Å². The quantitative estimate of drug-likeness (QED) is 0.815. The van der Waals surface area contributed by atoms with Crippen molar-refractivity contribution in [2.24, 2.45) is 0 Å². The average molecular weight is 341 g/mol. The van der Waals surface area contributed by atoms with Gasteiger partial charge in [0.05, 0.1) is 11.3 Å². The maximum Gasteiger partial charge on any atom is 0.258 e.